The zero-order chi connectivity index (χ0) is 16.4. The van der Waals surface area contributed by atoms with E-state index < -0.39 is 0 Å². The normalized spacial score (nSPS) is 10.9. The van der Waals surface area contributed by atoms with Crippen molar-refractivity contribution >= 4 is 34.1 Å². The van der Waals surface area contributed by atoms with Crippen LogP contribution in [0.1, 0.15) is 21.3 Å². The number of nitrogen functional groups attached to an aromatic ring is 1. The van der Waals surface area contributed by atoms with Gasteiger partial charge in [-0.25, -0.2) is 9.97 Å². The van der Waals surface area contributed by atoms with Crippen molar-refractivity contribution in [3.8, 4) is 10.6 Å². The fourth-order valence-corrected chi connectivity index (χ4v) is 4.20. The lowest BCUT2D eigenvalue weighted by Gasteiger charge is -2.01. The van der Waals surface area contributed by atoms with Crippen molar-refractivity contribution in [3.63, 3.8) is 0 Å². The monoisotopic (exact) mass is 343 g/mol. The van der Waals surface area contributed by atoms with Gasteiger partial charge in [-0.15, -0.1) is 22.7 Å². The Morgan fingerprint density at radius 1 is 1.22 bits per heavy atom. The van der Waals surface area contributed by atoms with Crippen LogP contribution >= 0.6 is 22.7 Å². The molecule has 0 amide bonds. The van der Waals surface area contributed by atoms with E-state index in [2.05, 4.69) is 9.97 Å². The molecule has 0 saturated heterocycles. The van der Waals surface area contributed by atoms with Gasteiger partial charge >= 0.3 is 0 Å². The van der Waals surface area contributed by atoms with Gasteiger partial charge in [0.15, 0.2) is 0 Å². The van der Waals surface area contributed by atoms with E-state index in [0.29, 0.717) is 18.5 Å². The number of hydrogen-bond acceptors (Lipinski definition) is 6. The lowest BCUT2D eigenvalue weighted by molar-refractivity contribution is -0.117. The number of carbonyl (C=O) groups is 1. The zero-order valence-corrected chi connectivity index (χ0v) is 14.6. The van der Waals surface area contributed by atoms with Crippen LogP contribution in [0.5, 0.6) is 0 Å². The number of rotatable bonds is 5. The Morgan fingerprint density at radius 3 is 2.74 bits per heavy atom. The molecule has 0 aliphatic carbocycles. The third kappa shape index (κ3) is 3.83. The van der Waals surface area contributed by atoms with Crippen LogP contribution in [-0.4, -0.2) is 15.8 Å². The molecule has 23 heavy (non-hydrogen) atoms. The van der Waals surface area contributed by atoms with Crippen molar-refractivity contribution in [2.24, 2.45) is 0 Å². The summed E-state index contributed by atoms with van der Waals surface area (Å²) in [6.07, 6.45) is 0.745. The molecular formula is C17H17N3OS2. The van der Waals surface area contributed by atoms with E-state index in [-0.39, 0.29) is 5.78 Å². The van der Waals surface area contributed by atoms with Gasteiger partial charge in [0.2, 0.25) is 0 Å². The summed E-state index contributed by atoms with van der Waals surface area (Å²) in [4.78, 5) is 22.3. The molecule has 4 nitrogen and oxygen atoms in total. The second-order valence-electron chi connectivity index (χ2n) is 5.41. The number of nitrogens with zero attached hydrogens (tertiary/aromatic N) is 2. The quantitative estimate of drug-likeness (QED) is 0.715. The van der Waals surface area contributed by atoms with Gasteiger partial charge in [-0.1, -0.05) is 12.1 Å². The molecular weight excluding hydrogens is 326 g/mol. The summed E-state index contributed by atoms with van der Waals surface area (Å²) in [5.74, 6) is 0.147. The molecule has 0 radical (unpaired) electrons. The first kappa shape index (κ1) is 15.8. The van der Waals surface area contributed by atoms with Crippen molar-refractivity contribution in [1.82, 2.24) is 9.97 Å². The van der Waals surface area contributed by atoms with Crippen LogP contribution in [0.3, 0.4) is 0 Å². The minimum atomic E-state index is 0.147. The lowest BCUT2D eigenvalue weighted by Crippen LogP contribution is -2.06. The van der Waals surface area contributed by atoms with E-state index in [1.807, 2.05) is 43.5 Å². The average molecular weight is 343 g/mol. The molecule has 0 saturated carbocycles. The molecule has 0 spiro atoms. The molecule has 0 bridgehead atoms. The SMILES string of the molecule is Cc1nc(C)c(-c2csc(CC(=O)Cc3cccc(N)c3)n2)s1. The van der Waals surface area contributed by atoms with Gasteiger partial charge in [0.05, 0.1) is 27.7 Å². The van der Waals surface area contributed by atoms with E-state index in [1.54, 1.807) is 11.3 Å². The number of aromatic nitrogens is 2. The number of thiazole rings is 2. The smallest absolute Gasteiger partial charge is 0.144 e. The number of anilines is 1. The summed E-state index contributed by atoms with van der Waals surface area (Å²) >= 11 is 3.16. The first-order chi connectivity index (χ1) is 11.0. The largest absolute Gasteiger partial charge is 0.399 e. The highest BCUT2D eigenvalue weighted by molar-refractivity contribution is 7.16. The van der Waals surface area contributed by atoms with Crippen LogP contribution in [0.2, 0.25) is 0 Å². The summed E-state index contributed by atoms with van der Waals surface area (Å²) in [7, 11) is 0. The predicted molar refractivity (Wildman–Crippen MR) is 96.0 cm³/mol. The Labute approximate surface area is 143 Å². The van der Waals surface area contributed by atoms with Crippen molar-refractivity contribution < 1.29 is 4.79 Å². The highest BCUT2D eigenvalue weighted by Gasteiger charge is 2.13. The number of nitrogens with two attached hydrogens (primary N) is 1. The molecule has 118 valence electrons. The molecule has 0 aliphatic rings. The first-order valence-corrected chi connectivity index (χ1v) is 8.96. The topological polar surface area (TPSA) is 68.9 Å². The maximum absolute atomic E-state index is 12.2. The van der Waals surface area contributed by atoms with Crippen LogP contribution in [0, 0.1) is 13.8 Å². The van der Waals surface area contributed by atoms with Gasteiger partial charge in [-0.05, 0) is 31.5 Å². The number of aryl methyl sites for hydroxylation is 2. The maximum Gasteiger partial charge on any atom is 0.144 e. The van der Waals surface area contributed by atoms with Crippen molar-refractivity contribution in [2.45, 2.75) is 26.7 Å². The summed E-state index contributed by atoms with van der Waals surface area (Å²) < 4.78 is 0. The van der Waals surface area contributed by atoms with Crippen LogP contribution in [-0.2, 0) is 17.6 Å². The van der Waals surface area contributed by atoms with E-state index in [0.717, 1.165) is 31.8 Å². The Kier molecular flexibility index (Phi) is 4.54. The predicted octanol–water partition coefficient (Wildman–Crippen LogP) is 3.82. The number of carbonyl (C=O) groups excluding carboxylic acids is 1. The Hall–Kier alpha value is -2.05. The number of Topliss-reactive ketones (excluding diaryl/α,β-unsaturated/α-hetero) is 1. The van der Waals surface area contributed by atoms with Crippen LogP contribution in [0.4, 0.5) is 5.69 Å². The Balaban J connectivity index is 1.69. The van der Waals surface area contributed by atoms with E-state index in [4.69, 9.17) is 5.73 Å². The standard InChI is InChI=1S/C17H17N3OS2/c1-10-17(23-11(2)19-10)15-9-22-16(20-15)8-14(21)7-12-4-3-5-13(18)6-12/h3-6,9H,7-8,18H2,1-2H3. The minimum Gasteiger partial charge on any atom is -0.399 e. The third-order valence-electron chi connectivity index (χ3n) is 3.39. The maximum atomic E-state index is 12.2. The van der Waals surface area contributed by atoms with Crippen LogP contribution < -0.4 is 5.73 Å². The highest BCUT2D eigenvalue weighted by Crippen LogP contribution is 2.30. The Bertz CT molecular complexity index is 851. The zero-order valence-electron chi connectivity index (χ0n) is 13.0. The fourth-order valence-electron chi connectivity index (χ4n) is 2.43. The van der Waals surface area contributed by atoms with Crippen molar-refractivity contribution in [3.05, 3.63) is 50.9 Å². The fraction of sp³-hybridized carbons (Fsp3) is 0.235. The molecule has 3 aromatic rings. The van der Waals surface area contributed by atoms with Gasteiger partial charge in [0.25, 0.3) is 0 Å². The molecule has 2 N–H and O–H groups in total. The van der Waals surface area contributed by atoms with Gasteiger partial charge in [-0.3, -0.25) is 4.79 Å². The molecule has 6 heteroatoms. The van der Waals surface area contributed by atoms with Crippen molar-refractivity contribution in [1.29, 1.82) is 0 Å². The molecule has 2 aromatic heterocycles. The summed E-state index contributed by atoms with van der Waals surface area (Å²) in [6.45, 7) is 3.98. The van der Waals surface area contributed by atoms with Gasteiger partial charge in [0, 0.05) is 17.5 Å². The van der Waals surface area contributed by atoms with Gasteiger partial charge < -0.3 is 5.73 Å². The second-order valence-corrected chi connectivity index (χ2v) is 7.56. The number of hydrogen-bond donors (Lipinski definition) is 1. The van der Waals surface area contributed by atoms with Gasteiger partial charge in [0.1, 0.15) is 10.8 Å². The molecule has 2 heterocycles. The van der Waals surface area contributed by atoms with Gasteiger partial charge in [-0.2, -0.15) is 0 Å². The number of ketones is 1. The first-order valence-electron chi connectivity index (χ1n) is 7.26. The summed E-state index contributed by atoms with van der Waals surface area (Å²) in [6, 6.07) is 7.45. The summed E-state index contributed by atoms with van der Waals surface area (Å²) in [5.41, 5.74) is 9.29. The Morgan fingerprint density at radius 2 is 2.04 bits per heavy atom. The number of benzene rings is 1. The second kappa shape index (κ2) is 6.60. The van der Waals surface area contributed by atoms with Crippen LogP contribution in [0.25, 0.3) is 10.6 Å². The van der Waals surface area contributed by atoms with Crippen LogP contribution in [0.15, 0.2) is 29.6 Å². The summed E-state index contributed by atoms with van der Waals surface area (Å²) in [5, 5.41) is 3.88. The van der Waals surface area contributed by atoms with E-state index >= 15 is 0 Å². The molecule has 0 fully saturated rings. The lowest BCUT2D eigenvalue weighted by atomic mass is 10.1. The molecule has 1 aromatic carbocycles. The van der Waals surface area contributed by atoms with E-state index in [1.165, 1.54) is 11.3 Å². The van der Waals surface area contributed by atoms with Crippen molar-refractivity contribution in [2.75, 3.05) is 5.73 Å². The average Bonchev–Trinajstić information content (AvgIpc) is 3.05. The molecule has 0 atom stereocenters. The molecule has 3 rings (SSSR count). The molecule has 0 unspecified atom stereocenters. The molecule has 0 aliphatic heterocycles. The minimum absolute atomic E-state index is 0.147. The highest BCUT2D eigenvalue weighted by atomic mass is 32.1. The third-order valence-corrected chi connectivity index (χ3v) is 5.33. The van der Waals surface area contributed by atoms with E-state index in [9.17, 15) is 4.79 Å².